The summed E-state index contributed by atoms with van der Waals surface area (Å²) in [5.41, 5.74) is 11.4. The van der Waals surface area contributed by atoms with Crippen molar-refractivity contribution < 1.29 is 4.74 Å². The summed E-state index contributed by atoms with van der Waals surface area (Å²) in [5, 5.41) is 3.99. The van der Waals surface area contributed by atoms with Gasteiger partial charge in [-0.1, -0.05) is 24.3 Å². The van der Waals surface area contributed by atoms with E-state index < -0.39 is 0 Å². The first-order valence-corrected chi connectivity index (χ1v) is 10.4. The second-order valence-corrected chi connectivity index (χ2v) is 8.62. The number of hydrogen-bond donors (Lipinski definition) is 2. The Morgan fingerprint density at radius 2 is 1.96 bits per heavy atom. The third-order valence-electron chi connectivity index (χ3n) is 6.12. The molecular formula is C23H22N2O2S. The van der Waals surface area contributed by atoms with Crippen LogP contribution in [0.1, 0.15) is 24.0 Å². The summed E-state index contributed by atoms with van der Waals surface area (Å²) >= 11 is 1.47. The van der Waals surface area contributed by atoms with Gasteiger partial charge in [-0.15, -0.1) is 11.3 Å². The van der Waals surface area contributed by atoms with Crippen LogP contribution < -0.4 is 16.0 Å². The second kappa shape index (κ2) is 6.19. The topological polar surface area (TPSA) is 68.1 Å². The van der Waals surface area contributed by atoms with E-state index in [4.69, 9.17) is 10.5 Å². The molecular weight excluding hydrogens is 368 g/mol. The fraction of sp³-hybridized carbons (Fsp3) is 0.261. The monoisotopic (exact) mass is 390 g/mol. The summed E-state index contributed by atoms with van der Waals surface area (Å²) in [5.74, 6) is 0.817. The van der Waals surface area contributed by atoms with Crippen molar-refractivity contribution in [1.82, 2.24) is 4.98 Å². The molecule has 1 aliphatic rings. The summed E-state index contributed by atoms with van der Waals surface area (Å²) < 4.78 is 6.52. The van der Waals surface area contributed by atoms with Crippen LogP contribution in [0, 0.1) is 6.92 Å². The highest BCUT2D eigenvalue weighted by Gasteiger charge is 2.42. The molecule has 3 N–H and O–H groups in total. The molecule has 1 saturated carbocycles. The number of methoxy groups -OCH3 is 1. The number of hydrogen-bond acceptors (Lipinski definition) is 4. The van der Waals surface area contributed by atoms with Gasteiger partial charge >= 0.3 is 0 Å². The van der Waals surface area contributed by atoms with Gasteiger partial charge in [0.15, 0.2) is 0 Å². The molecule has 0 unspecified atom stereocenters. The average Bonchev–Trinajstić information content (AvgIpc) is 3.36. The zero-order valence-electron chi connectivity index (χ0n) is 16.0. The van der Waals surface area contributed by atoms with Crippen molar-refractivity contribution in [3.63, 3.8) is 0 Å². The number of ether oxygens (including phenoxy) is 1. The molecule has 0 atom stereocenters. The summed E-state index contributed by atoms with van der Waals surface area (Å²) in [6, 6.07) is 12.7. The molecule has 2 aromatic heterocycles. The average molecular weight is 391 g/mol. The van der Waals surface area contributed by atoms with Gasteiger partial charge in [0, 0.05) is 28.3 Å². The Labute approximate surface area is 167 Å². The van der Waals surface area contributed by atoms with E-state index in [1.807, 2.05) is 24.4 Å². The number of nitrogens with one attached hydrogen (secondary N) is 1. The van der Waals surface area contributed by atoms with Gasteiger partial charge in [0.25, 0.3) is 5.56 Å². The Morgan fingerprint density at radius 3 is 2.61 bits per heavy atom. The van der Waals surface area contributed by atoms with Crippen LogP contribution >= 0.6 is 11.3 Å². The summed E-state index contributed by atoms with van der Waals surface area (Å²) in [6.45, 7) is 2.70. The Kier molecular flexibility index (Phi) is 3.86. The van der Waals surface area contributed by atoms with Crippen molar-refractivity contribution in [2.45, 2.75) is 25.2 Å². The van der Waals surface area contributed by atoms with Crippen LogP contribution in [0.2, 0.25) is 0 Å². The molecule has 0 bridgehead atoms. The van der Waals surface area contributed by atoms with Crippen LogP contribution in [0.3, 0.4) is 0 Å². The fourth-order valence-corrected chi connectivity index (χ4v) is 5.06. The molecule has 4 aromatic rings. The van der Waals surface area contributed by atoms with Crippen LogP contribution in [0.5, 0.6) is 5.75 Å². The lowest BCUT2D eigenvalue weighted by atomic mass is 9.91. The SMILES string of the molecule is COc1cc(C)c2[nH]c(=O)c3sccc3c2c1-c1ccc(C2(CN)CC2)cc1. The standard InChI is InChI=1S/C23H22N2O2S/c1-13-11-17(27-2)18(14-3-5-15(6-4-14)23(12-24)8-9-23)19-16-7-10-28-21(16)22(26)25-20(13)19/h3-7,10-11H,8-9,12,24H2,1-2H3,(H,25,26). The maximum absolute atomic E-state index is 12.5. The van der Waals surface area contributed by atoms with E-state index >= 15 is 0 Å². The maximum atomic E-state index is 12.5. The molecule has 0 aliphatic heterocycles. The number of benzene rings is 2. The van der Waals surface area contributed by atoms with Gasteiger partial charge in [-0.25, -0.2) is 0 Å². The van der Waals surface area contributed by atoms with Crippen molar-refractivity contribution in [2.24, 2.45) is 5.73 Å². The highest BCUT2D eigenvalue weighted by atomic mass is 32.1. The lowest BCUT2D eigenvalue weighted by Gasteiger charge is -2.17. The summed E-state index contributed by atoms with van der Waals surface area (Å²) in [7, 11) is 1.70. The Balaban J connectivity index is 1.82. The first-order valence-electron chi connectivity index (χ1n) is 9.50. The smallest absolute Gasteiger partial charge is 0.266 e. The number of aryl methyl sites for hydroxylation is 1. The van der Waals surface area contributed by atoms with Crippen molar-refractivity contribution in [2.75, 3.05) is 13.7 Å². The van der Waals surface area contributed by atoms with Crippen molar-refractivity contribution >= 4 is 32.3 Å². The molecule has 28 heavy (non-hydrogen) atoms. The zero-order chi connectivity index (χ0) is 19.5. The van der Waals surface area contributed by atoms with E-state index in [-0.39, 0.29) is 11.0 Å². The number of fused-ring (bicyclic) bond motifs is 3. The van der Waals surface area contributed by atoms with Gasteiger partial charge in [0.05, 0.1) is 12.6 Å². The Hall–Kier alpha value is -2.63. The maximum Gasteiger partial charge on any atom is 0.266 e. The number of aromatic nitrogens is 1. The molecule has 4 nitrogen and oxygen atoms in total. The molecule has 1 fully saturated rings. The molecule has 0 spiro atoms. The van der Waals surface area contributed by atoms with E-state index in [2.05, 4.69) is 29.2 Å². The van der Waals surface area contributed by atoms with Gasteiger partial charge < -0.3 is 15.5 Å². The highest BCUT2D eigenvalue weighted by Crippen LogP contribution is 2.48. The Bertz CT molecular complexity index is 1260. The van der Waals surface area contributed by atoms with E-state index in [0.29, 0.717) is 6.54 Å². The van der Waals surface area contributed by atoms with Gasteiger partial charge in [-0.2, -0.15) is 0 Å². The van der Waals surface area contributed by atoms with Crippen molar-refractivity contribution in [3.05, 3.63) is 63.3 Å². The van der Waals surface area contributed by atoms with E-state index in [0.717, 1.165) is 56.3 Å². The number of thiophene rings is 1. The first-order chi connectivity index (χ1) is 13.6. The minimum absolute atomic E-state index is 0.0364. The quantitative estimate of drug-likeness (QED) is 0.530. The highest BCUT2D eigenvalue weighted by molar-refractivity contribution is 7.17. The Morgan fingerprint density at radius 1 is 1.21 bits per heavy atom. The molecule has 2 aromatic carbocycles. The molecule has 0 radical (unpaired) electrons. The molecule has 142 valence electrons. The predicted molar refractivity (Wildman–Crippen MR) is 117 cm³/mol. The summed E-state index contributed by atoms with van der Waals surface area (Å²) in [6.07, 6.45) is 2.33. The molecule has 5 rings (SSSR count). The van der Waals surface area contributed by atoms with Crippen LogP contribution in [0.15, 0.2) is 46.6 Å². The third kappa shape index (κ3) is 2.43. The van der Waals surface area contributed by atoms with Crippen LogP contribution in [0.4, 0.5) is 0 Å². The second-order valence-electron chi connectivity index (χ2n) is 7.70. The van der Waals surface area contributed by atoms with Crippen LogP contribution in [-0.2, 0) is 5.41 Å². The molecule has 0 amide bonds. The molecule has 5 heteroatoms. The number of pyridine rings is 1. The van der Waals surface area contributed by atoms with E-state index in [1.54, 1.807) is 7.11 Å². The number of aromatic amines is 1. The molecule has 0 saturated heterocycles. The lowest BCUT2D eigenvalue weighted by Crippen LogP contribution is -2.19. The van der Waals surface area contributed by atoms with Crippen LogP contribution in [0.25, 0.3) is 32.1 Å². The normalized spacial score (nSPS) is 15.2. The number of H-pyrrole nitrogens is 1. The van der Waals surface area contributed by atoms with E-state index in [9.17, 15) is 4.79 Å². The third-order valence-corrected chi connectivity index (χ3v) is 7.03. The minimum Gasteiger partial charge on any atom is -0.496 e. The fourth-order valence-electron chi connectivity index (χ4n) is 4.27. The lowest BCUT2D eigenvalue weighted by molar-refractivity contribution is 0.416. The molecule has 2 heterocycles. The van der Waals surface area contributed by atoms with Gasteiger partial charge in [-0.05, 0) is 54.0 Å². The van der Waals surface area contributed by atoms with Gasteiger partial charge in [0.1, 0.15) is 10.4 Å². The predicted octanol–water partition coefficient (Wildman–Crippen LogP) is 4.72. The van der Waals surface area contributed by atoms with Gasteiger partial charge in [-0.3, -0.25) is 4.79 Å². The zero-order valence-corrected chi connectivity index (χ0v) is 16.8. The minimum atomic E-state index is -0.0364. The van der Waals surface area contributed by atoms with Crippen LogP contribution in [-0.4, -0.2) is 18.6 Å². The number of rotatable bonds is 4. The van der Waals surface area contributed by atoms with Gasteiger partial charge in [0.2, 0.25) is 0 Å². The largest absolute Gasteiger partial charge is 0.496 e. The molecule has 1 aliphatic carbocycles. The van der Waals surface area contributed by atoms with Crippen molar-refractivity contribution in [1.29, 1.82) is 0 Å². The summed E-state index contributed by atoms with van der Waals surface area (Å²) in [4.78, 5) is 15.6. The number of nitrogens with two attached hydrogens (primary N) is 1. The first kappa shape index (κ1) is 17.5. The van der Waals surface area contributed by atoms with E-state index in [1.165, 1.54) is 16.9 Å². The van der Waals surface area contributed by atoms with Crippen molar-refractivity contribution in [3.8, 4) is 16.9 Å².